The topological polar surface area (TPSA) is 56.2 Å². The molecule has 4 aromatic rings. The number of rotatable bonds is 7. The molecule has 2 heterocycles. The Labute approximate surface area is 193 Å². The minimum atomic E-state index is -0.797. The summed E-state index contributed by atoms with van der Waals surface area (Å²) in [4.78, 5) is 13.0. The third kappa shape index (κ3) is 5.20. The van der Waals surface area contributed by atoms with E-state index in [0.29, 0.717) is 26.3 Å². The van der Waals surface area contributed by atoms with Gasteiger partial charge < -0.3 is 10.1 Å². The van der Waals surface area contributed by atoms with Crippen LogP contribution in [0.5, 0.6) is 5.75 Å². The molecule has 32 heavy (non-hydrogen) atoms. The van der Waals surface area contributed by atoms with Gasteiger partial charge >= 0.3 is 0 Å². The van der Waals surface area contributed by atoms with Crippen molar-refractivity contribution in [1.82, 2.24) is 9.78 Å². The highest BCUT2D eigenvalue weighted by molar-refractivity contribution is 9.10. The van der Waals surface area contributed by atoms with E-state index in [-0.39, 0.29) is 30.6 Å². The van der Waals surface area contributed by atoms with E-state index in [0.717, 1.165) is 12.1 Å². The Kier molecular flexibility index (Phi) is 6.61. The minimum absolute atomic E-state index is 0.0211. The van der Waals surface area contributed by atoms with Crippen LogP contribution in [-0.4, -0.2) is 15.7 Å². The number of nitrogens with zero attached hydrogens (tertiary/aromatic N) is 2. The quantitative estimate of drug-likeness (QED) is 0.324. The maximum atomic E-state index is 13.9. The zero-order valence-corrected chi connectivity index (χ0v) is 18.7. The molecule has 0 atom stereocenters. The van der Waals surface area contributed by atoms with Crippen LogP contribution in [0.2, 0.25) is 0 Å². The van der Waals surface area contributed by atoms with Gasteiger partial charge in [-0.15, -0.1) is 11.3 Å². The number of nitrogens with one attached hydrogen (secondary N) is 1. The number of hydrogen-bond acceptors (Lipinski definition) is 4. The van der Waals surface area contributed by atoms with Gasteiger partial charge in [0.1, 0.15) is 18.2 Å². The fourth-order valence-electron chi connectivity index (χ4n) is 2.86. The smallest absolute Gasteiger partial charge is 0.266 e. The van der Waals surface area contributed by atoms with Crippen LogP contribution in [0.4, 0.5) is 19.0 Å². The molecular weight excluding hydrogens is 507 g/mol. The molecule has 0 aliphatic heterocycles. The largest absolute Gasteiger partial charge is 0.486 e. The summed E-state index contributed by atoms with van der Waals surface area (Å²) in [7, 11) is 0. The first-order valence-corrected chi connectivity index (χ1v) is 11.0. The molecule has 0 spiro atoms. The van der Waals surface area contributed by atoms with Gasteiger partial charge in [0.05, 0.1) is 15.9 Å². The van der Waals surface area contributed by atoms with Gasteiger partial charge in [-0.2, -0.15) is 5.10 Å². The summed E-state index contributed by atoms with van der Waals surface area (Å²) >= 11 is 4.54. The number of benzene rings is 2. The standard InChI is InChI=1S/C22H15BrF3N3O2S/c23-16-10-29(9-14-3-1-2-4-17(14)25)28-21(16)27-22(30)20-7-13(12-32-20)11-31-19-6-5-15(24)8-18(19)26/h1-8,10,12H,9,11H2,(H,27,28,30). The molecule has 0 radical (unpaired) electrons. The Balaban J connectivity index is 1.39. The number of carbonyl (C=O) groups is 1. The van der Waals surface area contributed by atoms with Crippen LogP contribution in [0.25, 0.3) is 0 Å². The maximum absolute atomic E-state index is 13.9. The van der Waals surface area contributed by atoms with Crippen molar-refractivity contribution in [2.45, 2.75) is 13.2 Å². The molecule has 10 heteroatoms. The van der Waals surface area contributed by atoms with Crippen molar-refractivity contribution >= 4 is 39.0 Å². The minimum Gasteiger partial charge on any atom is -0.486 e. The summed E-state index contributed by atoms with van der Waals surface area (Å²) in [6, 6.07) is 11.1. The van der Waals surface area contributed by atoms with Crippen molar-refractivity contribution in [2.75, 3.05) is 5.32 Å². The lowest BCUT2D eigenvalue weighted by atomic mass is 10.2. The predicted molar refractivity (Wildman–Crippen MR) is 118 cm³/mol. The van der Waals surface area contributed by atoms with Crippen molar-refractivity contribution in [3.05, 3.63) is 98.0 Å². The molecule has 0 bridgehead atoms. The molecule has 0 saturated carbocycles. The lowest BCUT2D eigenvalue weighted by Gasteiger charge is -2.05. The molecule has 5 nitrogen and oxygen atoms in total. The summed E-state index contributed by atoms with van der Waals surface area (Å²) in [5.41, 5.74) is 1.13. The number of halogens is 4. The molecule has 1 amide bonds. The Hall–Kier alpha value is -3.11. The van der Waals surface area contributed by atoms with Crippen LogP contribution in [0.1, 0.15) is 20.8 Å². The Bertz CT molecular complexity index is 1280. The van der Waals surface area contributed by atoms with Crippen LogP contribution in [0.15, 0.2) is 64.6 Å². The molecular formula is C22H15BrF3N3O2S. The van der Waals surface area contributed by atoms with Crippen molar-refractivity contribution in [3.8, 4) is 5.75 Å². The number of aromatic nitrogens is 2. The zero-order chi connectivity index (χ0) is 22.7. The molecule has 0 aliphatic rings. The van der Waals surface area contributed by atoms with Crippen molar-refractivity contribution in [1.29, 1.82) is 0 Å². The van der Waals surface area contributed by atoms with E-state index >= 15 is 0 Å². The van der Waals surface area contributed by atoms with E-state index in [9.17, 15) is 18.0 Å². The van der Waals surface area contributed by atoms with Crippen LogP contribution in [0.3, 0.4) is 0 Å². The highest BCUT2D eigenvalue weighted by Crippen LogP contribution is 2.24. The predicted octanol–water partition coefficient (Wildman–Crippen LogP) is 6.00. The summed E-state index contributed by atoms with van der Waals surface area (Å²) in [5.74, 6) is -1.98. The van der Waals surface area contributed by atoms with Gasteiger partial charge in [0.15, 0.2) is 17.4 Å². The van der Waals surface area contributed by atoms with Gasteiger partial charge in [-0.1, -0.05) is 18.2 Å². The van der Waals surface area contributed by atoms with E-state index in [4.69, 9.17) is 4.74 Å². The lowest BCUT2D eigenvalue weighted by molar-refractivity contribution is 0.103. The number of amides is 1. The molecule has 0 unspecified atom stereocenters. The SMILES string of the molecule is O=C(Nc1nn(Cc2ccccc2F)cc1Br)c1cc(COc2ccc(F)cc2F)cs1. The van der Waals surface area contributed by atoms with Crippen molar-refractivity contribution in [2.24, 2.45) is 0 Å². The van der Waals surface area contributed by atoms with Crippen molar-refractivity contribution < 1.29 is 22.7 Å². The summed E-state index contributed by atoms with van der Waals surface area (Å²) < 4.78 is 47.9. The van der Waals surface area contributed by atoms with E-state index in [1.165, 1.54) is 28.2 Å². The third-order valence-electron chi connectivity index (χ3n) is 4.40. The number of carbonyl (C=O) groups excluding carboxylic acids is 1. The fourth-order valence-corrected chi connectivity index (χ4v) is 4.06. The number of anilines is 1. The highest BCUT2D eigenvalue weighted by Gasteiger charge is 2.15. The van der Waals surface area contributed by atoms with E-state index in [1.807, 2.05) is 0 Å². The van der Waals surface area contributed by atoms with Crippen LogP contribution >= 0.6 is 27.3 Å². The van der Waals surface area contributed by atoms with Gasteiger partial charge in [0, 0.05) is 23.4 Å². The molecule has 0 saturated heterocycles. The van der Waals surface area contributed by atoms with Gasteiger partial charge in [0.2, 0.25) is 0 Å². The second-order valence-electron chi connectivity index (χ2n) is 6.75. The molecule has 4 rings (SSSR count). The highest BCUT2D eigenvalue weighted by atomic mass is 79.9. The second kappa shape index (κ2) is 9.58. The number of hydrogen-bond donors (Lipinski definition) is 1. The second-order valence-corrected chi connectivity index (χ2v) is 8.52. The monoisotopic (exact) mass is 521 g/mol. The normalized spacial score (nSPS) is 10.9. The van der Waals surface area contributed by atoms with Gasteiger partial charge in [-0.25, -0.2) is 13.2 Å². The first-order chi connectivity index (χ1) is 15.4. The fraction of sp³-hybridized carbons (Fsp3) is 0.0909. The lowest BCUT2D eigenvalue weighted by Crippen LogP contribution is -2.12. The van der Waals surface area contributed by atoms with E-state index in [1.54, 1.807) is 35.8 Å². The molecule has 2 aromatic heterocycles. The maximum Gasteiger partial charge on any atom is 0.266 e. The summed E-state index contributed by atoms with van der Waals surface area (Å²) in [5, 5.41) is 8.71. The summed E-state index contributed by atoms with van der Waals surface area (Å²) in [6.45, 7) is 0.231. The average molecular weight is 522 g/mol. The zero-order valence-electron chi connectivity index (χ0n) is 16.3. The van der Waals surface area contributed by atoms with Crippen LogP contribution < -0.4 is 10.1 Å². The number of thiophene rings is 1. The summed E-state index contributed by atoms with van der Waals surface area (Å²) in [6.07, 6.45) is 1.65. The first kappa shape index (κ1) is 22.1. The molecule has 0 fully saturated rings. The van der Waals surface area contributed by atoms with Crippen LogP contribution in [-0.2, 0) is 13.2 Å². The number of ether oxygens (including phenoxy) is 1. The Morgan fingerprint density at radius 3 is 2.72 bits per heavy atom. The Morgan fingerprint density at radius 1 is 1.12 bits per heavy atom. The molecule has 2 aromatic carbocycles. The first-order valence-electron chi connectivity index (χ1n) is 9.32. The van der Waals surface area contributed by atoms with E-state index < -0.39 is 11.6 Å². The molecule has 1 N–H and O–H groups in total. The third-order valence-corrected chi connectivity index (χ3v) is 5.96. The molecule has 0 aliphatic carbocycles. The van der Waals surface area contributed by atoms with Crippen LogP contribution in [0, 0.1) is 17.5 Å². The Morgan fingerprint density at radius 2 is 1.94 bits per heavy atom. The van der Waals surface area contributed by atoms with Gasteiger partial charge in [0.25, 0.3) is 5.91 Å². The van der Waals surface area contributed by atoms with Gasteiger partial charge in [-0.05, 0) is 45.6 Å². The van der Waals surface area contributed by atoms with Crippen molar-refractivity contribution in [3.63, 3.8) is 0 Å². The van der Waals surface area contributed by atoms with E-state index in [2.05, 4.69) is 26.3 Å². The molecule has 164 valence electrons. The van der Waals surface area contributed by atoms with Gasteiger partial charge in [-0.3, -0.25) is 9.48 Å². The average Bonchev–Trinajstić information content (AvgIpc) is 3.36.